The van der Waals surface area contributed by atoms with Crippen molar-refractivity contribution < 1.29 is 13.2 Å². The van der Waals surface area contributed by atoms with Gasteiger partial charge in [-0.3, -0.25) is 0 Å². The lowest BCUT2D eigenvalue weighted by Crippen LogP contribution is -2.11. The number of pyridine rings is 1. The molecule has 0 unspecified atom stereocenters. The molecule has 0 N–H and O–H groups in total. The molecule has 0 spiro atoms. The second-order valence-electron chi connectivity index (χ2n) is 13.4. The predicted molar refractivity (Wildman–Crippen MR) is 208 cm³/mol. The second-order valence-corrected chi connectivity index (χ2v) is 13.4. The largest absolute Gasteiger partial charge is 0.416 e. The van der Waals surface area contributed by atoms with Crippen LogP contribution in [0.4, 0.5) is 13.2 Å². The summed E-state index contributed by atoms with van der Waals surface area (Å²) in [6.07, 6.45) is -4.76. The second kappa shape index (κ2) is 12.5. The monoisotopic (exact) mass is 718 g/mol. The maximum Gasteiger partial charge on any atom is 0.416 e. The van der Waals surface area contributed by atoms with Crippen molar-refractivity contribution in [3.63, 3.8) is 0 Å². The predicted octanol–water partition coefficient (Wildman–Crippen LogP) is 11.6. The van der Waals surface area contributed by atoms with E-state index in [0.717, 1.165) is 28.0 Å². The van der Waals surface area contributed by atoms with Crippen molar-refractivity contribution in [3.8, 4) is 52.1 Å². The van der Waals surface area contributed by atoms with Crippen LogP contribution in [0.2, 0.25) is 0 Å². The molecule has 6 nitrogen and oxygen atoms in total. The zero-order valence-electron chi connectivity index (χ0n) is 29.0. The van der Waals surface area contributed by atoms with Crippen LogP contribution in [0.25, 0.3) is 77.5 Å². The van der Waals surface area contributed by atoms with Gasteiger partial charge in [0.25, 0.3) is 0 Å². The number of aromatic nitrogens is 3. The summed E-state index contributed by atoms with van der Waals surface area (Å²) >= 11 is 0. The van der Waals surface area contributed by atoms with Crippen molar-refractivity contribution in [2.24, 2.45) is 0 Å². The molecule has 3 heterocycles. The fourth-order valence-corrected chi connectivity index (χ4v) is 7.62. The summed E-state index contributed by atoms with van der Waals surface area (Å²) in [5.41, 5.74) is 6.34. The first-order chi connectivity index (χ1) is 26.7. The van der Waals surface area contributed by atoms with Gasteiger partial charge < -0.3 is 9.13 Å². The molecular formula is C46H25F3N6. The topological polar surface area (TPSA) is 94.1 Å². The molecule has 9 aromatic rings. The summed E-state index contributed by atoms with van der Waals surface area (Å²) in [4.78, 5) is 5.13. The van der Waals surface area contributed by atoms with Crippen molar-refractivity contribution >= 4 is 43.6 Å². The van der Waals surface area contributed by atoms with Gasteiger partial charge in [-0.15, -0.1) is 0 Å². The van der Waals surface area contributed by atoms with E-state index in [1.54, 1.807) is 65.2 Å². The third-order valence-electron chi connectivity index (χ3n) is 10.1. The minimum absolute atomic E-state index is 0.202. The average Bonchev–Trinajstić information content (AvgIpc) is 3.71. The van der Waals surface area contributed by atoms with Crippen molar-refractivity contribution in [2.75, 3.05) is 0 Å². The minimum atomic E-state index is -4.76. The summed E-state index contributed by atoms with van der Waals surface area (Å²) in [5.74, 6) is 0. The van der Waals surface area contributed by atoms with Crippen LogP contribution < -0.4 is 0 Å². The van der Waals surface area contributed by atoms with Gasteiger partial charge in [-0.25, -0.2) is 4.98 Å². The van der Waals surface area contributed by atoms with Crippen molar-refractivity contribution in [1.29, 1.82) is 15.8 Å². The Morgan fingerprint density at radius 2 is 0.964 bits per heavy atom. The number of aryl methyl sites for hydroxylation is 1. The lowest BCUT2D eigenvalue weighted by atomic mass is 10.00. The summed E-state index contributed by atoms with van der Waals surface area (Å²) < 4.78 is 49.5. The van der Waals surface area contributed by atoms with Crippen molar-refractivity contribution in [2.45, 2.75) is 13.1 Å². The summed E-state index contributed by atoms with van der Waals surface area (Å²) in [6, 6.07) is 45.0. The Morgan fingerprint density at radius 1 is 0.509 bits per heavy atom. The third-order valence-corrected chi connectivity index (χ3v) is 10.1. The first-order valence-electron chi connectivity index (χ1n) is 17.3. The highest BCUT2D eigenvalue weighted by molar-refractivity contribution is 6.12. The third kappa shape index (κ3) is 5.36. The Labute approximate surface area is 312 Å². The van der Waals surface area contributed by atoms with Gasteiger partial charge in [0, 0.05) is 32.7 Å². The highest BCUT2D eigenvalue weighted by atomic mass is 19.4. The number of nitrogens with zero attached hydrogens (tertiary/aromatic N) is 6. The van der Waals surface area contributed by atoms with E-state index in [-0.39, 0.29) is 11.4 Å². The Bertz CT molecular complexity index is 3110. The number of hydrogen-bond donors (Lipinski definition) is 0. The molecule has 0 aliphatic heterocycles. The zero-order valence-corrected chi connectivity index (χ0v) is 29.0. The first kappa shape index (κ1) is 33.2. The van der Waals surface area contributed by atoms with Crippen LogP contribution in [-0.4, -0.2) is 14.1 Å². The number of nitriles is 3. The number of benzene rings is 6. The lowest BCUT2D eigenvalue weighted by molar-refractivity contribution is -0.137. The average molecular weight is 719 g/mol. The van der Waals surface area contributed by atoms with Crippen LogP contribution in [0.5, 0.6) is 0 Å². The Kier molecular flexibility index (Phi) is 7.53. The number of hydrogen-bond acceptors (Lipinski definition) is 4. The fourth-order valence-electron chi connectivity index (χ4n) is 7.62. The Hall–Kier alpha value is -7.67. The van der Waals surface area contributed by atoms with Crippen LogP contribution in [0.3, 0.4) is 0 Å². The van der Waals surface area contributed by atoms with E-state index in [9.17, 15) is 15.8 Å². The number of rotatable bonds is 4. The maximum absolute atomic E-state index is 15.3. The lowest BCUT2D eigenvalue weighted by Gasteiger charge is -2.22. The van der Waals surface area contributed by atoms with Crippen molar-refractivity contribution in [3.05, 3.63) is 161 Å². The molecule has 9 rings (SSSR count). The molecule has 3 aromatic heterocycles. The first-order valence-corrected chi connectivity index (χ1v) is 17.3. The van der Waals surface area contributed by atoms with Gasteiger partial charge in [0.2, 0.25) is 0 Å². The van der Waals surface area contributed by atoms with Crippen LogP contribution in [0, 0.1) is 40.9 Å². The van der Waals surface area contributed by atoms with Gasteiger partial charge >= 0.3 is 6.18 Å². The normalized spacial score (nSPS) is 11.6. The van der Waals surface area contributed by atoms with E-state index in [1.165, 1.54) is 6.07 Å². The molecule has 0 amide bonds. The summed E-state index contributed by atoms with van der Waals surface area (Å²) in [7, 11) is 0. The molecule has 0 saturated heterocycles. The fraction of sp³-hybridized carbons (Fsp3) is 0.0435. The molecule has 0 fully saturated rings. The molecule has 0 saturated carbocycles. The van der Waals surface area contributed by atoms with Gasteiger partial charge in [0.05, 0.1) is 85.3 Å². The standard InChI is InChI=1S/C46H25F3N6/c1-27-10-14-39-33(18-27)34-19-28(24-50)11-15-40(34)54(39)43-22-32(46(47,48)49)23-44(45(43)38-9-5-8-37(53-38)31-6-3-2-4-7-31)55-41-16-12-29(25-51)20-35(41)36-21-30(26-52)13-17-42(36)55/h2-23H,1H3. The van der Waals surface area contributed by atoms with E-state index in [0.29, 0.717) is 66.5 Å². The summed E-state index contributed by atoms with van der Waals surface area (Å²) in [5, 5.41) is 32.2. The highest BCUT2D eigenvalue weighted by Crippen LogP contribution is 2.45. The van der Waals surface area contributed by atoms with Gasteiger partial charge in [0.1, 0.15) is 0 Å². The molecule has 0 radical (unpaired) electrons. The Balaban J connectivity index is 1.51. The molecule has 55 heavy (non-hydrogen) atoms. The minimum Gasteiger partial charge on any atom is -0.308 e. The van der Waals surface area contributed by atoms with E-state index < -0.39 is 11.7 Å². The number of halogens is 3. The quantitative estimate of drug-likeness (QED) is 0.181. The molecule has 0 bridgehead atoms. The van der Waals surface area contributed by atoms with E-state index >= 15 is 13.2 Å². The number of fused-ring (bicyclic) bond motifs is 6. The van der Waals surface area contributed by atoms with E-state index in [4.69, 9.17) is 4.98 Å². The molecule has 0 atom stereocenters. The smallest absolute Gasteiger partial charge is 0.308 e. The summed E-state index contributed by atoms with van der Waals surface area (Å²) in [6.45, 7) is 1.95. The van der Waals surface area contributed by atoms with Gasteiger partial charge in [-0.1, -0.05) is 48.0 Å². The van der Waals surface area contributed by atoms with Crippen LogP contribution in [0.15, 0.2) is 133 Å². The number of alkyl halides is 3. The van der Waals surface area contributed by atoms with Gasteiger partial charge in [0.15, 0.2) is 0 Å². The molecule has 260 valence electrons. The van der Waals surface area contributed by atoms with Gasteiger partial charge in [-0.2, -0.15) is 29.0 Å². The molecule has 9 heteroatoms. The molecule has 0 aliphatic rings. The zero-order chi connectivity index (χ0) is 38.0. The SMILES string of the molecule is Cc1ccc2c(c1)c1cc(C#N)ccc1n2-c1cc(C(F)(F)F)cc(-n2c3ccc(C#N)cc3c3cc(C#N)ccc32)c1-c1cccc(-c2ccccc2)n1. The van der Waals surface area contributed by atoms with Crippen LogP contribution >= 0.6 is 0 Å². The maximum atomic E-state index is 15.3. The van der Waals surface area contributed by atoms with Crippen LogP contribution in [0.1, 0.15) is 27.8 Å². The van der Waals surface area contributed by atoms with Crippen LogP contribution in [-0.2, 0) is 6.18 Å². The van der Waals surface area contributed by atoms with E-state index in [1.807, 2.05) is 72.2 Å². The molecule has 0 aliphatic carbocycles. The molecule has 6 aromatic carbocycles. The highest BCUT2D eigenvalue weighted by Gasteiger charge is 2.34. The molecular weight excluding hydrogens is 694 g/mol. The Morgan fingerprint density at radius 3 is 1.44 bits per heavy atom. The van der Waals surface area contributed by atoms with Crippen molar-refractivity contribution in [1.82, 2.24) is 14.1 Å². The van der Waals surface area contributed by atoms with Gasteiger partial charge in [-0.05, 0) is 97.9 Å². The van der Waals surface area contributed by atoms with E-state index in [2.05, 4.69) is 18.2 Å².